The van der Waals surface area contributed by atoms with Crippen LogP contribution in [0.4, 0.5) is 0 Å². The fourth-order valence-corrected chi connectivity index (χ4v) is 3.19. The van der Waals surface area contributed by atoms with Gasteiger partial charge in [-0.05, 0) is 48.9 Å². The topological polar surface area (TPSA) is 56.8 Å². The van der Waals surface area contributed by atoms with Gasteiger partial charge in [0.2, 0.25) is 12.7 Å². The van der Waals surface area contributed by atoms with Gasteiger partial charge >= 0.3 is 0 Å². The molecular formula is C18H19NO4S. The van der Waals surface area contributed by atoms with Crippen molar-refractivity contribution in [1.82, 2.24) is 5.32 Å². The number of benzene rings is 2. The van der Waals surface area contributed by atoms with E-state index in [0.717, 1.165) is 27.7 Å². The van der Waals surface area contributed by atoms with Crippen LogP contribution in [0.1, 0.15) is 12.5 Å². The summed E-state index contributed by atoms with van der Waals surface area (Å²) >= 11 is 1.51. The summed E-state index contributed by atoms with van der Waals surface area (Å²) in [5, 5.41) is 2.76. The number of amides is 1. The van der Waals surface area contributed by atoms with Crippen molar-refractivity contribution >= 4 is 17.7 Å². The standard InChI is InChI=1S/C18H19NO4S/c1-12(24-15-6-4-14(21-2)5-7-15)18(20)19-10-13-3-8-16-17(9-13)23-11-22-16/h3-9,12H,10-11H2,1-2H3,(H,19,20)/t12-/m0/s1. The molecule has 1 atom stereocenters. The Bertz CT molecular complexity index is 717. The van der Waals surface area contributed by atoms with Gasteiger partial charge in [0.15, 0.2) is 11.5 Å². The molecule has 0 unspecified atom stereocenters. The van der Waals surface area contributed by atoms with E-state index in [-0.39, 0.29) is 18.0 Å². The molecule has 6 heteroatoms. The minimum absolute atomic E-state index is 0.00603. The molecule has 3 rings (SSSR count). The fourth-order valence-electron chi connectivity index (χ4n) is 2.30. The quantitative estimate of drug-likeness (QED) is 0.815. The van der Waals surface area contributed by atoms with Crippen LogP contribution in [-0.4, -0.2) is 25.1 Å². The first-order valence-corrected chi connectivity index (χ1v) is 8.50. The molecule has 0 fully saturated rings. The molecule has 24 heavy (non-hydrogen) atoms. The summed E-state index contributed by atoms with van der Waals surface area (Å²) in [6.07, 6.45) is 0. The minimum atomic E-state index is -0.188. The van der Waals surface area contributed by atoms with Gasteiger partial charge in [0.25, 0.3) is 0 Å². The molecule has 0 spiro atoms. The Hall–Kier alpha value is -2.34. The fraction of sp³-hybridized carbons (Fsp3) is 0.278. The molecule has 0 bridgehead atoms. The molecule has 1 amide bonds. The van der Waals surface area contributed by atoms with Crippen LogP contribution in [0.15, 0.2) is 47.4 Å². The first kappa shape index (κ1) is 16.5. The second-order valence-electron chi connectivity index (χ2n) is 5.34. The summed E-state index contributed by atoms with van der Waals surface area (Å²) in [5.41, 5.74) is 0.981. The number of carbonyl (C=O) groups excluding carboxylic acids is 1. The Kier molecular flexibility index (Phi) is 5.15. The normalized spacial score (nSPS) is 13.4. The highest BCUT2D eigenvalue weighted by atomic mass is 32.2. The van der Waals surface area contributed by atoms with E-state index in [1.54, 1.807) is 7.11 Å². The molecule has 1 N–H and O–H groups in total. The highest BCUT2D eigenvalue weighted by Gasteiger charge is 2.16. The van der Waals surface area contributed by atoms with Crippen LogP contribution in [0.2, 0.25) is 0 Å². The Morgan fingerprint density at radius 1 is 1.21 bits per heavy atom. The van der Waals surface area contributed by atoms with Crippen LogP contribution >= 0.6 is 11.8 Å². The third-order valence-electron chi connectivity index (χ3n) is 3.65. The van der Waals surface area contributed by atoms with Gasteiger partial charge in [0, 0.05) is 11.4 Å². The van der Waals surface area contributed by atoms with Crippen molar-refractivity contribution in [1.29, 1.82) is 0 Å². The van der Waals surface area contributed by atoms with Gasteiger partial charge in [-0.15, -0.1) is 11.8 Å². The number of carbonyl (C=O) groups is 1. The molecule has 1 aliphatic heterocycles. The van der Waals surface area contributed by atoms with E-state index in [2.05, 4.69) is 5.32 Å². The lowest BCUT2D eigenvalue weighted by atomic mass is 10.2. The number of ether oxygens (including phenoxy) is 3. The van der Waals surface area contributed by atoms with Gasteiger partial charge in [-0.2, -0.15) is 0 Å². The lowest BCUT2D eigenvalue weighted by Gasteiger charge is -2.12. The summed E-state index contributed by atoms with van der Waals surface area (Å²) < 4.78 is 15.8. The number of methoxy groups -OCH3 is 1. The molecule has 0 saturated heterocycles. The van der Waals surface area contributed by atoms with Crippen LogP contribution in [0.25, 0.3) is 0 Å². The Labute approximate surface area is 145 Å². The zero-order chi connectivity index (χ0) is 16.9. The van der Waals surface area contributed by atoms with Gasteiger partial charge < -0.3 is 19.5 Å². The second kappa shape index (κ2) is 7.49. The van der Waals surface area contributed by atoms with Gasteiger partial charge in [0.05, 0.1) is 12.4 Å². The van der Waals surface area contributed by atoms with E-state index in [1.807, 2.05) is 49.4 Å². The zero-order valence-electron chi connectivity index (χ0n) is 13.6. The average Bonchev–Trinajstić information content (AvgIpc) is 3.08. The third kappa shape index (κ3) is 3.94. The van der Waals surface area contributed by atoms with Crippen LogP contribution in [0.5, 0.6) is 17.2 Å². The van der Waals surface area contributed by atoms with Crippen LogP contribution < -0.4 is 19.5 Å². The van der Waals surface area contributed by atoms with Crippen molar-refractivity contribution in [3.63, 3.8) is 0 Å². The lowest BCUT2D eigenvalue weighted by Crippen LogP contribution is -2.30. The maximum Gasteiger partial charge on any atom is 0.233 e. The molecule has 0 aromatic heterocycles. The molecule has 0 aliphatic carbocycles. The smallest absolute Gasteiger partial charge is 0.233 e. The summed E-state index contributed by atoms with van der Waals surface area (Å²) in [5.74, 6) is 2.27. The Morgan fingerprint density at radius 3 is 2.71 bits per heavy atom. The number of fused-ring (bicyclic) bond motifs is 1. The van der Waals surface area contributed by atoms with Crippen LogP contribution in [0, 0.1) is 0 Å². The molecule has 2 aromatic rings. The molecule has 1 heterocycles. The monoisotopic (exact) mass is 345 g/mol. The van der Waals surface area contributed by atoms with Gasteiger partial charge in [-0.25, -0.2) is 0 Å². The summed E-state index contributed by atoms with van der Waals surface area (Å²) in [6, 6.07) is 13.4. The first-order chi connectivity index (χ1) is 11.7. The highest BCUT2D eigenvalue weighted by Crippen LogP contribution is 2.32. The lowest BCUT2D eigenvalue weighted by molar-refractivity contribution is -0.120. The second-order valence-corrected chi connectivity index (χ2v) is 6.76. The van der Waals surface area contributed by atoms with E-state index in [1.165, 1.54) is 11.8 Å². The van der Waals surface area contributed by atoms with Crippen molar-refractivity contribution in [2.45, 2.75) is 23.6 Å². The maximum atomic E-state index is 12.3. The molecule has 126 valence electrons. The summed E-state index contributed by atoms with van der Waals surface area (Å²) in [4.78, 5) is 13.3. The molecule has 0 radical (unpaired) electrons. The van der Waals surface area contributed by atoms with E-state index >= 15 is 0 Å². The number of nitrogens with one attached hydrogen (secondary N) is 1. The van der Waals surface area contributed by atoms with Crippen LogP contribution in [-0.2, 0) is 11.3 Å². The van der Waals surface area contributed by atoms with Gasteiger partial charge in [-0.3, -0.25) is 4.79 Å². The van der Waals surface area contributed by atoms with Crippen molar-refractivity contribution in [3.8, 4) is 17.2 Å². The van der Waals surface area contributed by atoms with E-state index in [4.69, 9.17) is 14.2 Å². The Morgan fingerprint density at radius 2 is 1.96 bits per heavy atom. The molecule has 1 aliphatic rings. The highest BCUT2D eigenvalue weighted by molar-refractivity contribution is 8.00. The molecule has 0 saturated carbocycles. The average molecular weight is 345 g/mol. The van der Waals surface area contributed by atoms with Gasteiger partial charge in [-0.1, -0.05) is 6.07 Å². The maximum absolute atomic E-state index is 12.3. The number of thioether (sulfide) groups is 1. The number of rotatable bonds is 6. The van der Waals surface area contributed by atoms with Crippen molar-refractivity contribution in [3.05, 3.63) is 48.0 Å². The summed E-state index contributed by atoms with van der Waals surface area (Å²) in [6.45, 7) is 2.60. The largest absolute Gasteiger partial charge is 0.497 e. The van der Waals surface area contributed by atoms with Crippen molar-refractivity contribution in [2.24, 2.45) is 0 Å². The number of hydrogen-bond acceptors (Lipinski definition) is 5. The molecular weight excluding hydrogens is 326 g/mol. The predicted octanol–water partition coefficient (Wildman–Crippen LogP) is 3.22. The van der Waals surface area contributed by atoms with E-state index < -0.39 is 0 Å². The third-order valence-corrected chi connectivity index (χ3v) is 4.76. The van der Waals surface area contributed by atoms with Crippen molar-refractivity contribution < 1.29 is 19.0 Å². The SMILES string of the molecule is COc1ccc(S[C@@H](C)C(=O)NCc2ccc3c(c2)OCO3)cc1. The number of hydrogen-bond donors (Lipinski definition) is 1. The van der Waals surface area contributed by atoms with Crippen LogP contribution in [0.3, 0.4) is 0 Å². The van der Waals surface area contributed by atoms with E-state index in [9.17, 15) is 4.79 Å². The minimum Gasteiger partial charge on any atom is -0.497 e. The first-order valence-electron chi connectivity index (χ1n) is 7.62. The molecule has 2 aromatic carbocycles. The summed E-state index contributed by atoms with van der Waals surface area (Å²) in [7, 11) is 1.63. The Balaban J connectivity index is 1.52. The van der Waals surface area contributed by atoms with Crippen molar-refractivity contribution in [2.75, 3.05) is 13.9 Å². The predicted molar refractivity (Wildman–Crippen MR) is 92.7 cm³/mol. The molecule has 5 nitrogen and oxygen atoms in total. The van der Waals surface area contributed by atoms with Gasteiger partial charge in [0.1, 0.15) is 5.75 Å². The van der Waals surface area contributed by atoms with E-state index in [0.29, 0.717) is 6.54 Å². The zero-order valence-corrected chi connectivity index (χ0v) is 14.4.